The van der Waals surface area contributed by atoms with E-state index in [1.54, 1.807) is 19.2 Å². The smallest absolute Gasteiger partial charge is 0.224 e. The minimum atomic E-state index is -0.249. The molecule has 21 heavy (non-hydrogen) atoms. The van der Waals surface area contributed by atoms with Gasteiger partial charge in [0.2, 0.25) is 5.91 Å². The summed E-state index contributed by atoms with van der Waals surface area (Å²) < 4.78 is 17.9. The fourth-order valence-electron chi connectivity index (χ4n) is 2.03. The first kappa shape index (κ1) is 15.0. The molecule has 0 aromatic heterocycles. The van der Waals surface area contributed by atoms with Crippen molar-refractivity contribution in [3.63, 3.8) is 0 Å². The van der Waals surface area contributed by atoms with Crippen molar-refractivity contribution in [2.24, 2.45) is 0 Å². The molecule has 0 spiro atoms. The van der Waals surface area contributed by atoms with E-state index in [-0.39, 0.29) is 11.7 Å². The fraction of sp³-hybridized carbons (Fsp3) is 0.235. The number of methoxy groups -OCH3 is 1. The van der Waals surface area contributed by atoms with E-state index < -0.39 is 0 Å². The van der Waals surface area contributed by atoms with Gasteiger partial charge in [0.1, 0.15) is 11.6 Å². The van der Waals surface area contributed by atoms with E-state index in [2.05, 4.69) is 5.32 Å². The number of benzene rings is 2. The van der Waals surface area contributed by atoms with Crippen LogP contribution in [0, 0.1) is 5.82 Å². The molecular formula is C17H18FNO2. The monoisotopic (exact) mass is 287 g/mol. The van der Waals surface area contributed by atoms with Crippen molar-refractivity contribution >= 4 is 5.91 Å². The first-order chi connectivity index (χ1) is 10.2. The van der Waals surface area contributed by atoms with Crippen LogP contribution in [0.5, 0.6) is 5.75 Å². The highest BCUT2D eigenvalue weighted by Crippen LogP contribution is 2.12. The average molecular weight is 287 g/mol. The van der Waals surface area contributed by atoms with Crippen molar-refractivity contribution in [3.8, 4) is 5.75 Å². The lowest BCUT2D eigenvalue weighted by molar-refractivity contribution is -0.120. The van der Waals surface area contributed by atoms with E-state index in [1.807, 2.05) is 24.3 Å². The first-order valence-corrected chi connectivity index (χ1v) is 6.81. The van der Waals surface area contributed by atoms with Gasteiger partial charge in [-0.3, -0.25) is 4.79 Å². The Hall–Kier alpha value is -2.36. The maximum absolute atomic E-state index is 12.8. The van der Waals surface area contributed by atoms with Gasteiger partial charge in [-0.1, -0.05) is 24.3 Å². The van der Waals surface area contributed by atoms with Crippen LogP contribution in [0.3, 0.4) is 0 Å². The molecule has 3 nitrogen and oxygen atoms in total. The molecule has 0 atom stereocenters. The molecule has 0 unspecified atom stereocenters. The third-order valence-electron chi connectivity index (χ3n) is 3.15. The molecule has 0 radical (unpaired) electrons. The number of ether oxygens (including phenoxy) is 1. The van der Waals surface area contributed by atoms with Crippen molar-refractivity contribution < 1.29 is 13.9 Å². The predicted octanol–water partition coefficient (Wildman–Crippen LogP) is 2.74. The third-order valence-corrected chi connectivity index (χ3v) is 3.15. The molecule has 0 aliphatic rings. The quantitative estimate of drug-likeness (QED) is 0.887. The number of carbonyl (C=O) groups excluding carboxylic acids is 1. The number of carbonyl (C=O) groups is 1. The normalized spacial score (nSPS) is 10.2. The van der Waals surface area contributed by atoms with E-state index in [0.29, 0.717) is 19.4 Å². The van der Waals surface area contributed by atoms with Crippen LogP contribution in [0.2, 0.25) is 0 Å². The highest BCUT2D eigenvalue weighted by atomic mass is 19.1. The Kier molecular flexibility index (Phi) is 5.32. The summed E-state index contributed by atoms with van der Waals surface area (Å²) in [6, 6.07) is 13.7. The van der Waals surface area contributed by atoms with Crippen LogP contribution in [0.25, 0.3) is 0 Å². The van der Waals surface area contributed by atoms with Gasteiger partial charge < -0.3 is 10.1 Å². The van der Waals surface area contributed by atoms with Crippen LogP contribution in [0.4, 0.5) is 4.39 Å². The van der Waals surface area contributed by atoms with E-state index in [1.165, 1.54) is 12.1 Å². The SMILES string of the molecule is COc1cccc(CC(=O)NCCc2ccc(F)cc2)c1. The van der Waals surface area contributed by atoms with Gasteiger partial charge in [0, 0.05) is 6.54 Å². The molecule has 2 aromatic rings. The summed E-state index contributed by atoms with van der Waals surface area (Å²) in [5.41, 5.74) is 1.91. The van der Waals surface area contributed by atoms with Crippen molar-refractivity contribution in [3.05, 3.63) is 65.5 Å². The van der Waals surface area contributed by atoms with Crippen molar-refractivity contribution in [2.45, 2.75) is 12.8 Å². The standard InChI is InChI=1S/C17H18FNO2/c1-21-16-4-2-3-14(11-16)12-17(20)19-10-9-13-5-7-15(18)8-6-13/h2-8,11H,9-10,12H2,1H3,(H,19,20). The molecule has 0 heterocycles. The van der Waals surface area contributed by atoms with Gasteiger partial charge in [0.15, 0.2) is 0 Å². The third kappa shape index (κ3) is 4.91. The lowest BCUT2D eigenvalue weighted by Crippen LogP contribution is -2.27. The van der Waals surface area contributed by atoms with E-state index >= 15 is 0 Å². The molecule has 0 fully saturated rings. The molecule has 0 aliphatic heterocycles. The molecule has 1 amide bonds. The molecular weight excluding hydrogens is 269 g/mol. The Morgan fingerprint density at radius 2 is 1.90 bits per heavy atom. The highest BCUT2D eigenvalue weighted by Gasteiger charge is 2.04. The number of amides is 1. The number of rotatable bonds is 6. The largest absolute Gasteiger partial charge is 0.497 e. The minimum absolute atomic E-state index is 0.0367. The second-order valence-corrected chi connectivity index (χ2v) is 4.75. The fourth-order valence-corrected chi connectivity index (χ4v) is 2.03. The second-order valence-electron chi connectivity index (χ2n) is 4.75. The molecule has 2 rings (SSSR count). The summed E-state index contributed by atoms with van der Waals surface area (Å²) >= 11 is 0. The van der Waals surface area contributed by atoms with Crippen LogP contribution < -0.4 is 10.1 Å². The molecule has 0 aliphatic carbocycles. The first-order valence-electron chi connectivity index (χ1n) is 6.81. The summed E-state index contributed by atoms with van der Waals surface area (Å²) in [6.07, 6.45) is 1.00. The summed E-state index contributed by atoms with van der Waals surface area (Å²) in [6.45, 7) is 0.536. The predicted molar refractivity (Wildman–Crippen MR) is 79.8 cm³/mol. The lowest BCUT2D eigenvalue weighted by atomic mass is 10.1. The maximum atomic E-state index is 12.8. The van der Waals surface area contributed by atoms with Crippen molar-refractivity contribution in [1.82, 2.24) is 5.32 Å². The topological polar surface area (TPSA) is 38.3 Å². The summed E-state index contributed by atoms with van der Waals surface area (Å²) in [5.74, 6) is 0.456. The van der Waals surface area contributed by atoms with Gasteiger partial charge in [-0.25, -0.2) is 4.39 Å². The van der Waals surface area contributed by atoms with Crippen LogP contribution in [0.1, 0.15) is 11.1 Å². The summed E-state index contributed by atoms with van der Waals surface area (Å²) in [4.78, 5) is 11.8. The van der Waals surface area contributed by atoms with Gasteiger partial charge in [0.25, 0.3) is 0 Å². The zero-order valence-electron chi connectivity index (χ0n) is 11.9. The van der Waals surface area contributed by atoms with Gasteiger partial charge in [-0.2, -0.15) is 0 Å². The van der Waals surface area contributed by atoms with Crippen LogP contribution in [-0.4, -0.2) is 19.6 Å². The van der Waals surface area contributed by atoms with E-state index in [0.717, 1.165) is 16.9 Å². The van der Waals surface area contributed by atoms with Crippen LogP contribution >= 0.6 is 0 Å². The Bertz CT molecular complexity index is 596. The van der Waals surface area contributed by atoms with Crippen LogP contribution in [0.15, 0.2) is 48.5 Å². The van der Waals surface area contributed by atoms with E-state index in [4.69, 9.17) is 4.74 Å². The molecule has 1 N–H and O–H groups in total. The molecule has 110 valence electrons. The van der Waals surface area contributed by atoms with Gasteiger partial charge in [-0.05, 0) is 41.8 Å². The minimum Gasteiger partial charge on any atom is -0.497 e. The molecule has 2 aromatic carbocycles. The second kappa shape index (κ2) is 7.43. The Morgan fingerprint density at radius 3 is 2.62 bits per heavy atom. The van der Waals surface area contributed by atoms with Gasteiger partial charge in [-0.15, -0.1) is 0 Å². The molecule has 0 saturated heterocycles. The average Bonchev–Trinajstić information content (AvgIpc) is 2.49. The summed E-state index contributed by atoms with van der Waals surface area (Å²) in [7, 11) is 1.60. The lowest BCUT2D eigenvalue weighted by Gasteiger charge is -2.07. The number of hydrogen-bond donors (Lipinski definition) is 1. The molecule has 4 heteroatoms. The van der Waals surface area contributed by atoms with Crippen molar-refractivity contribution in [1.29, 1.82) is 0 Å². The zero-order valence-corrected chi connectivity index (χ0v) is 11.9. The number of nitrogens with one attached hydrogen (secondary N) is 1. The van der Waals surface area contributed by atoms with Gasteiger partial charge >= 0.3 is 0 Å². The number of halogens is 1. The Labute approximate surface area is 123 Å². The van der Waals surface area contributed by atoms with Crippen LogP contribution in [-0.2, 0) is 17.6 Å². The van der Waals surface area contributed by atoms with Crippen molar-refractivity contribution in [2.75, 3.05) is 13.7 Å². The summed E-state index contributed by atoms with van der Waals surface area (Å²) in [5, 5.41) is 2.86. The van der Waals surface area contributed by atoms with Gasteiger partial charge in [0.05, 0.1) is 13.5 Å². The maximum Gasteiger partial charge on any atom is 0.224 e. The Balaban J connectivity index is 1.78. The Morgan fingerprint density at radius 1 is 1.14 bits per heavy atom. The molecule has 0 saturated carbocycles. The highest BCUT2D eigenvalue weighted by molar-refractivity contribution is 5.78. The number of hydrogen-bond acceptors (Lipinski definition) is 2. The van der Waals surface area contributed by atoms with E-state index in [9.17, 15) is 9.18 Å². The zero-order chi connectivity index (χ0) is 15.1. The molecule has 0 bridgehead atoms.